The molecular formula is C19H26FN5O3S. The number of nitrogens with one attached hydrogen (secondary N) is 1. The van der Waals surface area contributed by atoms with Gasteiger partial charge in [-0.05, 0) is 37.8 Å². The number of halogens is 1. The van der Waals surface area contributed by atoms with Gasteiger partial charge in [-0.15, -0.1) is 0 Å². The van der Waals surface area contributed by atoms with Crippen LogP contribution in [0.25, 0.3) is 0 Å². The minimum atomic E-state index is -3.70. The average Bonchev–Trinajstić information content (AvgIpc) is 3.33. The maximum atomic E-state index is 13.6. The third-order valence-corrected chi connectivity index (χ3v) is 7.41. The van der Waals surface area contributed by atoms with Gasteiger partial charge in [0.2, 0.25) is 0 Å². The predicted molar refractivity (Wildman–Crippen MR) is 105 cm³/mol. The van der Waals surface area contributed by atoms with E-state index in [1.54, 1.807) is 24.6 Å². The Morgan fingerprint density at radius 2 is 2.10 bits per heavy atom. The van der Waals surface area contributed by atoms with Crippen LogP contribution < -0.4 is 5.32 Å². The van der Waals surface area contributed by atoms with Gasteiger partial charge in [0, 0.05) is 44.9 Å². The van der Waals surface area contributed by atoms with E-state index in [9.17, 15) is 12.8 Å². The summed E-state index contributed by atoms with van der Waals surface area (Å²) in [6, 6.07) is 1.46. The first-order chi connectivity index (χ1) is 13.8. The van der Waals surface area contributed by atoms with Gasteiger partial charge >= 0.3 is 0 Å². The number of aryl methyl sites for hydroxylation is 2. The van der Waals surface area contributed by atoms with Crippen LogP contribution >= 0.6 is 0 Å². The summed E-state index contributed by atoms with van der Waals surface area (Å²) in [6.07, 6.45) is 7.13. The minimum absolute atomic E-state index is 0.0215. The summed E-state index contributed by atoms with van der Waals surface area (Å²) in [6.45, 7) is 2.99. The second-order valence-corrected chi connectivity index (χ2v) is 9.72. The Kier molecular flexibility index (Phi) is 5.58. The average molecular weight is 424 g/mol. The van der Waals surface area contributed by atoms with Crippen molar-refractivity contribution in [2.75, 3.05) is 25.0 Å². The molecule has 2 aliphatic heterocycles. The first-order valence-corrected chi connectivity index (χ1v) is 11.3. The lowest BCUT2D eigenvalue weighted by atomic mass is 9.91. The monoisotopic (exact) mass is 423 g/mol. The van der Waals surface area contributed by atoms with Crippen LogP contribution in [0.1, 0.15) is 24.8 Å². The molecule has 4 heterocycles. The second-order valence-electron chi connectivity index (χ2n) is 7.84. The molecule has 29 heavy (non-hydrogen) atoms. The number of nitrogens with zero attached hydrogens (tertiary/aromatic N) is 4. The molecule has 2 saturated heterocycles. The number of rotatable bonds is 5. The number of ether oxygens (including phenoxy) is 1. The quantitative estimate of drug-likeness (QED) is 0.791. The van der Waals surface area contributed by atoms with E-state index >= 15 is 0 Å². The number of aromatic nitrogens is 3. The maximum Gasteiger partial charge on any atom is 0.262 e. The summed E-state index contributed by atoms with van der Waals surface area (Å²) < 4.78 is 48.8. The largest absolute Gasteiger partial charge is 0.378 e. The Balaban J connectivity index is 1.59. The second kappa shape index (κ2) is 8.00. The first-order valence-electron chi connectivity index (χ1n) is 9.83. The number of imidazole rings is 1. The maximum absolute atomic E-state index is 13.6. The molecule has 1 N–H and O–H groups in total. The summed E-state index contributed by atoms with van der Waals surface area (Å²) in [7, 11) is -1.97. The lowest BCUT2D eigenvalue weighted by molar-refractivity contribution is -0.0189. The highest BCUT2D eigenvalue weighted by molar-refractivity contribution is 7.89. The Bertz CT molecular complexity index is 974. The summed E-state index contributed by atoms with van der Waals surface area (Å²) in [5, 5.41) is 3.37. The molecule has 2 aliphatic rings. The van der Waals surface area contributed by atoms with Crippen molar-refractivity contribution in [3.63, 3.8) is 0 Å². The normalized spacial score (nSPS) is 26.0. The Hall–Kier alpha value is -2.04. The fraction of sp³-hybridized carbons (Fsp3) is 0.579. The summed E-state index contributed by atoms with van der Waals surface area (Å²) in [4.78, 5) is 8.15. The van der Waals surface area contributed by atoms with Crippen molar-refractivity contribution in [2.45, 2.75) is 43.4 Å². The highest BCUT2D eigenvalue weighted by Crippen LogP contribution is 2.32. The molecule has 0 aromatic carbocycles. The van der Waals surface area contributed by atoms with Crippen LogP contribution in [0.15, 0.2) is 29.8 Å². The Morgan fingerprint density at radius 3 is 2.76 bits per heavy atom. The van der Waals surface area contributed by atoms with Gasteiger partial charge in [-0.25, -0.2) is 22.8 Å². The van der Waals surface area contributed by atoms with E-state index in [-0.39, 0.29) is 35.5 Å². The van der Waals surface area contributed by atoms with Crippen LogP contribution in [-0.2, 0) is 21.8 Å². The van der Waals surface area contributed by atoms with E-state index in [4.69, 9.17) is 4.74 Å². The van der Waals surface area contributed by atoms with Crippen molar-refractivity contribution in [2.24, 2.45) is 13.0 Å². The standard InChI is InChI=1S/C19H26FN5O3S/c1-13-7-18(21-8-15(13)20)23-16-10-25(9-14(16)17-5-3-4-6-28-17)29(26,27)19-11-24(2)12-22-19/h7-8,11-12,14,16-17H,3-6,9-10H2,1-2H3,(H,21,23)/t14-,16-,17?/m0/s1. The first kappa shape index (κ1) is 20.2. The van der Waals surface area contributed by atoms with Crippen LogP contribution in [0.4, 0.5) is 10.2 Å². The molecule has 0 aliphatic carbocycles. The van der Waals surface area contributed by atoms with Gasteiger partial charge in [0.25, 0.3) is 10.0 Å². The molecule has 0 amide bonds. The number of hydrogen-bond acceptors (Lipinski definition) is 6. The van der Waals surface area contributed by atoms with Gasteiger partial charge in [-0.1, -0.05) is 0 Å². The molecule has 2 aromatic heterocycles. The minimum Gasteiger partial charge on any atom is -0.378 e. The number of pyridine rings is 1. The zero-order chi connectivity index (χ0) is 20.6. The molecule has 1 unspecified atom stereocenters. The molecule has 0 bridgehead atoms. The van der Waals surface area contributed by atoms with Crippen molar-refractivity contribution in [1.29, 1.82) is 0 Å². The fourth-order valence-electron chi connectivity index (χ4n) is 4.08. The van der Waals surface area contributed by atoms with Gasteiger partial charge < -0.3 is 14.6 Å². The number of anilines is 1. The fourth-order valence-corrected chi connectivity index (χ4v) is 5.55. The molecule has 2 fully saturated rings. The van der Waals surface area contributed by atoms with Gasteiger partial charge in [0.1, 0.15) is 11.6 Å². The molecule has 2 aromatic rings. The Labute approximate surface area is 170 Å². The molecular weight excluding hydrogens is 397 g/mol. The number of hydrogen-bond donors (Lipinski definition) is 1. The van der Waals surface area contributed by atoms with Crippen molar-refractivity contribution in [3.8, 4) is 0 Å². The molecule has 10 heteroatoms. The van der Waals surface area contributed by atoms with E-state index in [0.29, 0.717) is 24.5 Å². The van der Waals surface area contributed by atoms with Crippen molar-refractivity contribution in [1.82, 2.24) is 18.8 Å². The van der Waals surface area contributed by atoms with Crippen LogP contribution in [-0.4, -0.2) is 59.1 Å². The van der Waals surface area contributed by atoms with Crippen molar-refractivity contribution < 1.29 is 17.5 Å². The molecule has 0 spiro atoms. The highest BCUT2D eigenvalue weighted by atomic mass is 32.2. The number of sulfonamides is 1. The van der Waals surface area contributed by atoms with Gasteiger partial charge in [0.05, 0.1) is 18.6 Å². The third kappa shape index (κ3) is 4.15. The SMILES string of the molecule is Cc1cc(N[C@H]2CN(S(=O)(=O)c3cn(C)cn3)C[C@@H]2C2CCCCO2)ncc1F. The topological polar surface area (TPSA) is 89.4 Å². The lowest BCUT2D eigenvalue weighted by Crippen LogP contribution is -2.39. The smallest absolute Gasteiger partial charge is 0.262 e. The Morgan fingerprint density at radius 1 is 1.28 bits per heavy atom. The van der Waals surface area contributed by atoms with E-state index in [1.807, 2.05) is 0 Å². The molecule has 0 saturated carbocycles. The van der Waals surface area contributed by atoms with E-state index in [2.05, 4.69) is 15.3 Å². The summed E-state index contributed by atoms with van der Waals surface area (Å²) >= 11 is 0. The van der Waals surface area contributed by atoms with Gasteiger partial charge in [-0.3, -0.25) is 0 Å². The lowest BCUT2D eigenvalue weighted by Gasteiger charge is -2.31. The summed E-state index contributed by atoms with van der Waals surface area (Å²) in [5.74, 6) is 0.140. The van der Waals surface area contributed by atoms with Crippen LogP contribution in [0.2, 0.25) is 0 Å². The molecule has 3 atom stereocenters. The highest BCUT2D eigenvalue weighted by Gasteiger charge is 2.44. The summed E-state index contributed by atoms with van der Waals surface area (Å²) in [5.41, 5.74) is 0.490. The van der Waals surface area contributed by atoms with Crippen LogP contribution in [0.5, 0.6) is 0 Å². The molecule has 4 rings (SSSR count). The molecule has 8 nitrogen and oxygen atoms in total. The van der Waals surface area contributed by atoms with E-state index in [0.717, 1.165) is 19.3 Å². The molecule has 0 radical (unpaired) electrons. The van der Waals surface area contributed by atoms with Gasteiger partial charge in [0.15, 0.2) is 5.03 Å². The third-order valence-electron chi connectivity index (χ3n) is 5.69. The predicted octanol–water partition coefficient (Wildman–Crippen LogP) is 1.93. The zero-order valence-corrected chi connectivity index (χ0v) is 17.4. The van der Waals surface area contributed by atoms with Crippen molar-refractivity contribution >= 4 is 15.8 Å². The molecule has 158 valence electrons. The van der Waals surface area contributed by atoms with Crippen LogP contribution in [0, 0.1) is 18.7 Å². The van der Waals surface area contributed by atoms with Crippen molar-refractivity contribution in [3.05, 3.63) is 36.2 Å². The van der Waals surface area contributed by atoms with Crippen LogP contribution in [0.3, 0.4) is 0 Å². The van der Waals surface area contributed by atoms with Gasteiger partial charge in [-0.2, -0.15) is 4.31 Å². The zero-order valence-electron chi connectivity index (χ0n) is 16.6. The van der Waals surface area contributed by atoms with E-state index < -0.39 is 10.0 Å². The van der Waals surface area contributed by atoms with E-state index in [1.165, 1.54) is 23.0 Å².